The molecule has 0 saturated heterocycles. The van der Waals surface area contributed by atoms with Gasteiger partial charge in [0.15, 0.2) is 0 Å². The molecular weight excluding hydrogens is 232 g/mol. The Morgan fingerprint density at radius 3 is 2.78 bits per heavy atom. The van der Waals surface area contributed by atoms with Crippen LogP contribution in [0.4, 0.5) is 11.4 Å². The summed E-state index contributed by atoms with van der Waals surface area (Å²) in [6, 6.07) is 7.66. The zero-order chi connectivity index (χ0) is 12.7. The molecule has 0 aromatic heterocycles. The van der Waals surface area contributed by atoms with Crippen LogP contribution < -0.4 is 10.2 Å². The van der Waals surface area contributed by atoms with E-state index in [2.05, 4.69) is 5.32 Å². The molecule has 94 valence electrons. The molecule has 1 aliphatic heterocycles. The molecule has 0 spiro atoms. The van der Waals surface area contributed by atoms with Crippen molar-refractivity contribution in [2.24, 2.45) is 5.92 Å². The molecule has 1 amide bonds. The molecule has 0 radical (unpaired) electrons. The molecule has 5 nitrogen and oxygen atoms in total. The second-order valence-corrected chi connectivity index (χ2v) is 4.79. The van der Waals surface area contributed by atoms with Crippen molar-refractivity contribution < 1.29 is 14.7 Å². The molecule has 5 heteroatoms. The summed E-state index contributed by atoms with van der Waals surface area (Å²) in [7, 11) is 0. The van der Waals surface area contributed by atoms with Gasteiger partial charge in [-0.2, -0.15) is 0 Å². The maximum absolute atomic E-state index is 12.0. The number of nitrogens with zero attached hydrogens (tertiary/aromatic N) is 1. The van der Waals surface area contributed by atoms with Gasteiger partial charge in [0.25, 0.3) is 0 Å². The van der Waals surface area contributed by atoms with Gasteiger partial charge in [-0.3, -0.25) is 9.59 Å². The van der Waals surface area contributed by atoms with Crippen molar-refractivity contribution in [3.63, 3.8) is 0 Å². The Morgan fingerprint density at radius 1 is 1.33 bits per heavy atom. The van der Waals surface area contributed by atoms with E-state index >= 15 is 0 Å². The van der Waals surface area contributed by atoms with Crippen LogP contribution in [0, 0.1) is 5.92 Å². The standard InChI is InChI=1S/C13H14N2O3/c16-12-7-14-10-3-1-2-4-11(10)15(12)9-5-8(6-9)13(17)18/h1-4,8-9,14H,5-7H2,(H,17,18). The number of aliphatic carboxylic acids is 1. The van der Waals surface area contributed by atoms with Gasteiger partial charge < -0.3 is 15.3 Å². The van der Waals surface area contributed by atoms with Crippen LogP contribution in [0.3, 0.4) is 0 Å². The quantitative estimate of drug-likeness (QED) is 0.825. The number of carbonyl (C=O) groups excluding carboxylic acids is 1. The fraction of sp³-hybridized carbons (Fsp3) is 0.385. The number of hydrogen-bond acceptors (Lipinski definition) is 3. The van der Waals surface area contributed by atoms with E-state index in [1.165, 1.54) is 0 Å². The predicted molar refractivity (Wildman–Crippen MR) is 66.6 cm³/mol. The Bertz CT molecular complexity index is 509. The molecule has 0 bridgehead atoms. The summed E-state index contributed by atoms with van der Waals surface area (Å²) in [5.74, 6) is -1.05. The first kappa shape index (κ1) is 11.1. The number of carbonyl (C=O) groups is 2. The van der Waals surface area contributed by atoms with Gasteiger partial charge in [0.1, 0.15) is 0 Å². The number of amides is 1. The second kappa shape index (κ2) is 4.01. The van der Waals surface area contributed by atoms with Gasteiger partial charge in [0.2, 0.25) is 5.91 Å². The number of rotatable bonds is 2. The highest BCUT2D eigenvalue weighted by molar-refractivity contribution is 6.03. The van der Waals surface area contributed by atoms with Crippen molar-refractivity contribution in [1.29, 1.82) is 0 Å². The van der Waals surface area contributed by atoms with Crippen LogP contribution in [0.1, 0.15) is 12.8 Å². The summed E-state index contributed by atoms with van der Waals surface area (Å²) in [6.45, 7) is 0.283. The lowest BCUT2D eigenvalue weighted by Crippen LogP contribution is -2.53. The van der Waals surface area contributed by atoms with Gasteiger partial charge in [-0.05, 0) is 25.0 Å². The third kappa shape index (κ3) is 1.63. The van der Waals surface area contributed by atoms with E-state index in [-0.39, 0.29) is 24.4 Å². The normalized spacial score (nSPS) is 26.0. The maximum atomic E-state index is 12.0. The maximum Gasteiger partial charge on any atom is 0.306 e. The van der Waals surface area contributed by atoms with Crippen molar-refractivity contribution in [3.05, 3.63) is 24.3 Å². The summed E-state index contributed by atoms with van der Waals surface area (Å²) in [6.07, 6.45) is 1.10. The zero-order valence-corrected chi connectivity index (χ0v) is 9.80. The number of benzene rings is 1. The average Bonchev–Trinajstić information content (AvgIpc) is 2.29. The lowest BCUT2D eigenvalue weighted by molar-refractivity contribution is -0.145. The fourth-order valence-electron chi connectivity index (χ4n) is 2.62. The van der Waals surface area contributed by atoms with Gasteiger partial charge in [-0.1, -0.05) is 12.1 Å². The lowest BCUT2D eigenvalue weighted by Gasteiger charge is -2.43. The van der Waals surface area contributed by atoms with Crippen LogP contribution in [0.5, 0.6) is 0 Å². The van der Waals surface area contributed by atoms with Crippen LogP contribution in [-0.4, -0.2) is 29.6 Å². The smallest absolute Gasteiger partial charge is 0.306 e. The van der Waals surface area contributed by atoms with E-state index < -0.39 is 5.97 Å². The molecule has 2 aliphatic rings. The van der Waals surface area contributed by atoms with Crippen LogP contribution in [0.15, 0.2) is 24.3 Å². The summed E-state index contributed by atoms with van der Waals surface area (Å²) >= 11 is 0. The minimum Gasteiger partial charge on any atom is -0.481 e. The molecule has 0 unspecified atom stereocenters. The minimum absolute atomic E-state index is 0.0162. The summed E-state index contributed by atoms with van der Waals surface area (Å²) < 4.78 is 0. The summed E-state index contributed by atoms with van der Waals surface area (Å²) in [5.41, 5.74) is 1.80. The van der Waals surface area contributed by atoms with Crippen molar-refractivity contribution in [2.75, 3.05) is 16.8 Å². The number of hydrogen-bond donors (Lipinski definition) is 2. The van der Waals surface area contributed by atoms with Gasteiger partial charge in [-0.25, -0.2) is 0 Å². The van der Waals surface area contributed by atoms with Gasteiger partial charge >= 0.3 is 5.97 Å². The lowest BCUT2D eigenvalue weighted by atomic mass is 9.79. The van der Waals surface area contributed by atoms with E-state index in [1.807, 2.05) is 24.3 Å². The third-order valence-electron chi connectivity index (χ3n) is 3.69. The average molecular weight is 246 g/mol. The van der Waals surface area contributed by atoms with Gasteiger partial charge in [0, 0.05) is 6.04 Å². The summed E-state index contributed by atoms with van der Waals surface area (Å²) in [4.78, 5) is 24.6. The molecule has 0 atom stereocenters. The monoisotopic (exact) mass is 246 g/mol. The topological polar surface area (TPSA) is 69.6 Å². The highest BCUT2D eigenvalue weighted by Crippen LogP contribution is 2.39. The van der Waals surface area contributed by atoms with E-state index in [0.717, 1.165) is 11.4 Å². The van der Waals surface area contributed by atoms with E-state index in [1.54, 1.807) is 4.90 Å². The molecule has 1 saturated carbocycles. The molecule has 1 aliphatic carbocycles. The van der Waals surface area contributed by atoms with E-state index in [0.29, 0.717) is 12.8 Å². The van der Waals surface area contributed by atoms with Gasteiger partial charge in [0.05, 0.1) is 23.8 Å². The summed E-state index contributed by atoms with van der Waals surface area (Å²) in [5, 5.41) is 12.0. The second-order valence-electron chi connectivity index (χ2n) is 4.79. The Morgan fingerprint density at radius 2 is 2.06 bits per heavy atom. The number of nitrogens with one attached hydrogen (secondary N) is 1. The number of carboxylic acids is 1. The molecule has 18 heavy (non-hydrogen) atoms. The number of para-hydroxylation sites is 2. The van der Waals surface area contributed by atoms with Crippen molar-refractivity contribution in [3.8, 4) is 0 Å². The Kier molecular flexibility index (Phi) is 2.47. The highest BCUT2D eigenvalue weighted by atomic mass is 16.4. The molecule has 2 N–H and O–H groups in total. The molecule has 1 aromatic rings. The Balaban J connectivity index is 1.84. The predicted octanol–water partition coefficient (Wildman–Crippen LogP) is 1.31. The van der Waals surface area contributed by atoms with E-state index in [9.17, 15) is 9.59 Å². The Hall–Kier alpha value is -2.04. The minimum atomic E-state index is -0.762. The largest absolute Gasteiger partial charge is 0.481 e. The van der Waals surface area contributed by atoms with Crippen LogP contribution in [0.25, 0.3) is 0 Å². The molecule has 1 heterocycles. The Labute approximate surface area is 104 Å². The van der Waals surface area contributed by atoms with Gasteiger partial charge in [-0.15, -0.1) is 0 Å². The van der Waals surface area contributed by atoms with Crippen LogP contribution in [-0.2, 0) is 9.59 Å². The van der Waals surface area contributed by atoms with Crippen LogP contribution >= 0.6 is 0 Å². The first-order valence-electron chi connectivity index (χ1n) is 6.04. The molecule has 1 aromatic carbocycles. The van der Waals surface area contributed by atoms with Crippen LogP contribution in [0.2, 0.25) is 0 Å². The highest BCUT2D eigenvalue weighted by Gasteiger charge is 2.41. The van der Waals surface area contributed by atoms with E-state index in [4.69, 9.17) is 5.11 Å². The third-order valence-corrected chi connectivity index (χ3v) is 3.69. The SMILES string of the molecule is O=C(O)C1CC(N2C(=O)CNc3ccccc32)C1. The van der Waals surface area contributed by atoms with Crippen molar-refractivity contribution in [2.45, 2.75) is 18.9 Å². The first-order valence-corrected chi connectivity index (χ1v) is 6.04. The molecule has 1 fully saturated rings. The fourth-order valence-corrected chi connectivity index (χ4v) is 2.62. The molecular formula is C13H14N2O3. The number of fused-ring (bicyclic) bond motifs is 1. The number of carboxylic acid groups (broad SMARTS) is 1. The first-order chi connectivity index (χ1) is 8.66. The number of anilines is 2. The molecule has 3 rings (SSSR count). The van der Waals surface area contributed by atoms with Crippen molar-refractivity contribution in [1.82, 2.24) is 0 Å². The van der Waals surface area contributed by atoms with Crippen molar-refractivity contribution >= 4 is 23.3 Å². The zero-order valence-electron chi connectivity index (χ0n) is 9.80.